The molecule has 3 aromatic rings. The van der Waals surface area contributed by atoms with Crippen molar-refractivity contribution in [2.45, 2.75) is 26.1 Å². The number of nitrogens with one attached hydrogen (secondary N) is 2. The molecule has 9 heteroatoms. The molecule has 3 rings (SSSR count). The van der Waals surface area contributed by atoms with E-state index >= 15 is 0 Å². The largest absolute Gasteiger partial charge is 0.508 e. The van der Waals surface area contributed by atoms with E-state index in [2.05, 4.69) is 10.7 Å². The van der Waals surface area contributed by atoms with Crippen molar-refractivity contribution < 1.29 is 24.6 Å². The molecular formula is C25H24ClN3O5. The van der Waals surface area contributed by atoms with Gasteiger partial charge >= 0.3 is 5.97 Å². The minimum Gasteiger partial charge on any atom is -0.508 e. The number of aromatic hydroxyl groups is 1. The van der Waals surface area contributed by atoms with Crippen molar-refractivity contribution in [1.29, 1.82) is 0 Å². The van der Waals surface area contributed by atoms with Crippen LogP contribution in [0.1, 0.15) is 38.8 Å². The van der Waals surface area contributed by atoms with Crippen LogP contribution < -0.4 is 10.7 Å². The summed E-state index contributed by atoms with van der Waals surface area (Å²) < 4.78 is 0. The van der Waals surface area contributed by atoms with E-state index in [1.54, 1.807) is 18.2 Å². The average Bonchev–Trinajstić information content (AvgIpc) is 2.82. The van der Waals surface area contributed by atoms with Crippen LogP contribution in [0, 0.1) is 0 Å². The van der Waals surface area contributed by atoms with E-state index in [-0.39, 0.29) is 35.0 Å². The summed E-state index contributed by atoms with van der Waals surface area (Å²) in [5.74, 6) is -1.95. The number of hydrogen-bond acceptors (Lipinski definition) is 5. The summed E-state index contributed by atoms with van der Waals surface area (Å²) in [6.07, 6.45) is 0. The van der Waals surface area contributed by atoms with Crippen molar-refractivity contribution in [2.75, 3.05) is 0 Å². The molecule has 0 unspecified atom stereocenters. The molecule has 0 saturated carbocycles. The van der Waals surface area contributed by atoms with Crippen LogP contribution in [0.3, 0.4) is 0 Å². The summed E-state index contributed by atoms with van der Waals surface area (Å²) in [6, 6.07) is 18.9. The van der Waals surface area contributed by atoms with Gasteiger partial charge in [0.25, 0.3) is 11.8 Å². The minimum atomic E-state index is -1.12. The molecule has 0 spiro atoms. The number of rotatable bonds is 9. The van der Waals surface area contributed by atoms with E-state index < -0.39 is 23.8 Å². The predicted octanol–water partition coefficient (Wildman–Crippen LogP) is 3.60. The summed E-state index contributed by atoms with van der Waals surface area (Å²) in [6.45, 7) is 1.74. The zero-order chi connectivity index (χ0) is 24.7. The molecule has 0 aliphatic carbocycles. The van der Waals surface area contributed by atoms with Gasteiger partial charge in [-0.25, -0.2) is 5.43 Å². The van der Waals surface area contributed by atoms with Crippen LogP contribution in [0.2, 0.25) is 5.02 Å². The first-order valence-electron chi connectivity index (χ1n) is 10.4. The molecule has 34 heavy (non-hydrogen) atoms. The van der Waals surface area contributed by atoms with Gasteiger partial charge in [0.2, 0.25) is 0 Å². The van der Waals surface area contributed by atoms with Crippen LogP contribution in [0.4, 0.5) is 0 Å². The maximum absolute atomic E-state index is 13.2. The van der Waals surface area contributed by atoms with Crippen molar-refractivity contribution in [1.82, 2.24) is 15.8 Å². The molecule has 4 N–H and O–H groups in total. The summed E-state index contributed by atoms with van der Waals surface area (Å²) in [7, 11) is 0. The molecule has 0 saturated heterocycles. The Hall–Kier alpha value is -3.88. The predicted molar refractivity (Wildman–Crippen MR) is 127 cm³/mol. The Bertz CT molecular complexity index is 1190. The number of carbonyl (C=O) groups excluding carboxylic acids is 2. The van der Waals surface area contributed by atoms with Gasteiger partial charge in [0, 0.05) is 12.1 Å². The molecule has 2 amide bonds. The minimum absolute atomic E-state index is 0.0536. The first-order valence-corrected chi connectivity index (χ1v) is 10.8. The summed E-state index contributed by atoms with van der Waals surface area (Å²) >= 11 is 6.35. The lowest BCUT2D eigenvalue weighted by Crippen LogP contribution is -2.49. The highest BCUT2D eigenvalue weighted by molar-refractivity contribution is 6.34. The molecule has 0 aliphatic heterocycles. The Morgan fingerprint density at radius 3 is 2.32 bits per heavy atom. The Morgan fingerprint density at radius 2 is 1.68 bits per heavy atom. The van der Waals surface area contributed by atoms with Crippen LogP contribution in [0.15, 0.2) is 72.8 Å². The fraction of sp³-hybridized carbons (Fsp3) is 0.160. The highest BCUT2D eigenvalue weighted by Crippen LogP contribution is 2.21. The van der Waals surface area contributed by atoms with Gasteiger partial charge in [0.1, 0.15) is 11.8 Å². The number of carboxylic acid groups (broad SMARTS) is 1. The number of hydrazine groups is 1. The number of benzene rings is 3. The number of halogens is 1. The summed E-state index contributed by atoms with van der Waals surface area (Å²) in [5.41, 5.74) is 4.58. The fourth-order valence-electron chi connectivity index (χ4n) is 3.16. The Morgan fingerprint density at radius 1 is 0.971 bits per heavy atom. The van der Waals surface area contributed by atoms with E-state index in [9.17, 15) is 24.6 Å². The highest BCUT2D eigenvalue weighted by Gasteiger charge is 2.23. The molecule has 0 bridgehead atoms. The zero-order valence-corrected chi connectivity index (χ0v) is 19.1. The van der Waals surface area contributed by atoms with Gasteiger partial charge < -0.3 is 15.5 Å². The number of hydrogen-bond donors (Lipinski definition) is 4. The van der Waals surface area contributed by atoms with Gasteiger partial charge in [-0.05, 0) is 48.4 Å². The SMILES string of the molecule is C[C@H](NN(Cc1ccccc1)C(=O)c1ccc(C(=O)NCc2cccc(O)c2)cc1Cl)C(=O)O. The lowest BCUT2D eigenvalue weighted by molar-refractivity contribution is -0.140. The van der Waals surface area contributed by atoms with Crippen LogP contribution >= 0.6 is 11.6 Å². The van der Waals surface area contributed by atoms with E-state index in [1.807, 2.05) is 30.3 Å². The average molecular weight is 482 g/mol. The maximum atomic E-state index is 13.2. The number of aliphatic carboxylic acids is 1. The lowest BCUT2D eigenvalue weighted by atomic mass is 10.1. The van der Waals surface area contributed by atoms with Gasteiger partial charge in [-0.1, -0.05) is 54.1 Å². The van der Waals surface area contributed by atoms with Crippen LogP contribution in [-0.2, 0) is 17.9 Å². The second-order valence-corrected chi connectivity index (χ2v) is 8.02. The second kappa shape index (κ2) is 11.3. The molecule has 0 radical (unpaired) electrons. The number of nitrogens with zero attached hydrogens (tertiary/aromatic N) is 1. The maximum Gasteiger partial charge on any atom is 0.322 e. The second-order valence-electron chi connectivity index (χ2n) is 7.61. The molecule has 0 heterocycles. The van der Waals surface area contributed by atoms with Crippen molar-refractivity contribution in [2.24, 2.45) is 0 Å². The topological polar surface area (TPSA) is 119 Å². The van der Waals surface area contributed by atoms with Gasteiger partial charge in [-0.2, -0.15) is 0 Å². The third-order valence-corrected chi connectivity index (χ3v) is 5.29. The molecule has 176 valence electrons. The standard InChI is InChI=1S/C25H24ClN3O5/c1-16(25(33)34)28-29(15-17-6-3-2-4-7-17)24(32)21-11-10-19(13-22(21)26)23(31)27-14-18-8-5-9-20(30)12-18/h2-13,16,28,30H,14-15H2,1H3,(H,27,31)(H,33,34)/t16-/m0/s1. The quantitative estimate of drug-likeness (QED) is 0.347. The van der Waals surface area contributed by atoms with Crippen molar-refractivity contribution >= 4 is 29.4 Å². The molecule has 0 aromatic heterocycles. The molecular weight excluding hydrogens is 458 g/mol. The number of amides is 2. The van der Waals surface area contributed by atoms with Crippen LogP contribution in [0.5, 0.6) is 5.75 Å². The molecule has 8 nitrogen and oxygen atoms in total. The third kappa shape index (κ3) is 6.57. The first kappa shape index (κ1) is 24.8. The van der Waals surface area contributed by atoms with E-state index in [0.29, 0.717) is 0 Å². The van der Waals surface area contributed by atoms with Gasteiger partial charge in [0.05, 0.1) is 17.1 Å². The van der Waals surface area contributed by atoms with Crippen LogP contribution in [0.25, 0.3) is 0 Å². The molecule has 3 aromatic carbocycles. The Balaban J connectivity index is 1.76. The monoisotopic (exact) mass is 481 g/mol. The number of carboxylic acids is 1. The van der Waals surface area contributed by atoms with E-state index in [0.717, 1.165) is 11.1 Å². The fourth-order valence-corrected chi connectivity index (χ4v) is 3.42. The Labute approximate surface area is 201 Å². The molecule has 0 aliphatic rings. The zero-order valence-electron chi connectivity index (χ0n) is 18.4. The number of carbonyl (C=O) groups is 3. The lowest BCUT2D eigenvalue weighted by Gasteiger charge is -2.26. The molecule has 0 fully saturated rings. The smallest absolute Gasteiger partial charge is 0.322 e. The van der Waals surface area contributed by atoms with E-state index in [1.165, 1.54) is 36.2 Å². The van der Waals surface area contributed by atoms with Gasteiger partial charge in [-0.3, -0.25) is 19.4 Å². The van der Waals surface area contributed by atoms with Gasteiger partial charge in [-0.15, -0.1) is 0 Å². The highest BCUT2D eigenvalue weighted by atomic mass is 35.5. The number of phenolic OH excluding ortho intramolecular Hbond substituents is 1. The van der Waals surface area contributed by atoms with E-state index in [4.69, 9.17) is 11.6 Å². The summed E-state index contributed by atoms with van der Waals surface area (Å²) in [5, 5.41) is 22.8. The van der Waals surface area contributed by atoms with Crippen molar-refractivity contribution in [3.05, 3.63) is 100 Å². The van der Waals surface area contributed by atoms with Gasteiger partial charge in [0.15, 0.2) is 0 Å². The van der Waals surface area contributed by atoms with Crippen molar-refractivity contribution in [3.63, 3.8) is 0 Å². The normalized spacial score (nSPS) is 11.5. The van der Waals surface area contributed by atoms with Crippen LogP contribution in [-0.4, -0.2) is 39.0 Å². The summed E-state index contributed by atoms with van der Waals surface area (Å²) in [4.78, 5) is 37.1. The number of phenols is 1. The first-order chi connectivity index (χ1) is 16.2. The molecule has 1 atom stereocenters. The Kier molecular flexibility index (Phi) is 8.24. The third-order valence-electron chi connectivity index (χ3n) is 4.97. The van der Waals surface area contributed by atoms with Crippen molar-refractivity contribution in [3.8, 4) is 5.75 Å².